The lowest BCUT2D eigenvalue weighted by atomic mass is 9.81. The van der Waals surface area contributed by atoms with Gasteiger partial charge in [-0.2, -0.15) is 0 Å². The summed E-state index contributed by atoms with van der Waals surface area (Å²) < 4.78 is 5.89. The van der Waals surface area contributed by atoms with Crippen molar-refractivity contribution in [3.63, 3.8) is 0 Å². The highest BCUT2D eigenvalue weighted by atomic mass is 16.6. The first-order valence-electron chi connectivity index (χ1n) is 7.51. The molecule has 0 aliphatic heterocycles. The van der Waals surface area contributed by atoms with Crippen LogP contribution in [0, 0.1) is 5.92 Å². The Morgan fingerprint density at radius 2 is 1.85 bits per heavy atom. The maximum absolute atomic E-state index is 12.3. The molecule has 0 aliphatic carbocycles. The van der Waals surface area contributed by atoms with Gasteiger partial charge in [0.15, 0.2) is 0 Å². The van der Waals surface area contributed by atoms with E-state index in [2.05, 4.69) is 27.7 Å². The van der Waals surface area contributed by atoms with Gasteiger partial charge in [-0.25, -0.2) is 4.79 Å². The topological polar surface area (TPSA) is 46.5 Å². The van der Waals surface area contributed by atoms with Gasteiger partial charge in [-0.15, -0.1) is 0 Å². The van der Waals surface area contributed by atoms with E-state index in [1.54, 1.807) is 12.1 Å². The second kappa shape index (κ2) is 7.32. The van der Waals surface area contributed by atoms with E-state index >= 15 is 0 Å². The molecule has 1 aromatic rings. The molecule has 0 aromatic heterocycles. The molecule has 1 rings (SSSR count). The Morgan fingerprint density at radius 1 is 1.25 bits per heavy atom. The van der Waals surface area contributed by atoms with Gasteiger partial charge >= 0.3 is 5.97 Å². The molecule has 0 radical (unpaired) electrons. The SMILES string of the molecule is CCCC(CC)(OC(=O)c1ccc(O)cc1)C(C)CC. The van der Waals surface area contributed by atoms with Gasteiger partial charge in [-0.05, 0) is 49.4 Å². The van der Waals surface area contributed by atoms with E-state index in [1.807, 2.05) is 0 Å². The highest BCUT2D eigenvalue weighted by Gasteiger charge is 2.36. The van der Waals surface area contributed by atoms with Crippen LogP contribution < -0.4 is 0 Å². The van der Waals surface area contributed by atoms with Crippen molar-refractivity contribution in [1.29, 1.82) is 0 Å². The van der Waals surface area contributed by atoms with Gasteiger partial charge in [0, 0.05) is 0 Å². The number of carbonyl (C=O) groups is 1. The number of ether oxygens (including phenoxy) is 1. The van der Waals surface area contributed by atoms with E-state index in [4.69, 9.17) is 4.74 Å². The molecule has 1 N–H and O–H groups in total. The zero-order chi connectivity index (χ0) is 15.2. The summed E-state index contributed by atoms with van der Waals surface area (Å²) in [6.45, 7) is 8.45. The molecule has 0 fully saturated rings. The molecular weight excluding hydrogens is 252 g/mol. The lowest BCUT2D eigenvalue weighted by Gasteiger charge is -2.37. The van der Waals surface area contributed by atoms with E-state index in [0.717, 1.165) is 25.7 Å². The Kier molecular flexibility index (Phi) is 6.05. The number of benzene rings is 1. The van der Waals surface area contributed by atoms with Crippen molar-refractivity contribution in [2.75, 3.05) is 0 Å². The van der Waals surface area contributed by atoms with Crippen molar-refractivity contribution < 1.29 is 14.6 Å². The Bertz CT molecular complexity index is 424. The summed E-state index contributed by atoms with van der Waals surface area (Å²) >= 11 is 0. The third kappa shape index (κ3) is 3.75. The van der Waals surface area contributed by atoms with Crippen molar-refractivity contribution in [2.24, 2.45) is 5.92 Å². The predicted octanol–water partition coefficient (Wildman–Crippen LogP) is 4.54. The van der Waals surface area contributed by atoms with Crippen LogP contribution in [0.3, 0.4) is 0 Å². The van der Waals surface area contributed by atoms with Crippen LogP contribution in [-0.2, 0) is 4.74 Å². The number of hydrogen-bond donors (Lipinski definition) is 1. The Morgan fingerprint density at radius 3 is 2.30 bits per heavy atom. The summed E-state index contributed by atoms with van der Waals surface area (Å²) in [7, 11) is 0. The summed E-state index contributed by atoms with van der Waals surface area (Å²) in [4.78, 5) is 12.3. The monoisotopic (exact) mass is 278 g/mol. The molecule has 0 heterocycles. The summed E-state index contributed by atoms with van der Waals surface area (Å²) in [6.07, 6.45) is 3.67. The molecule has 1 aromatic carbocycles. The van der Waals surface area contributed by atoms with Gasteiger partial charge in [-0.3, -0.25) is 0 Å². The second-order valence-corrected chi connectivity index (χ2v) is 5.41. The minimum atomic E-state index is -0.390. The molecule has 112 valence electrons. The van der Waals surface area contributed by atoms with E-state index in [9.17, 15) is 9.90 Å². The van der Waals surface area contributed by atoms with Gasteiger partial charge in [0.25, 0.3) is 0 Å². The molecular formula is C17H26O3. The quantitative estimate of drug-likeness (QED) is 0.745. The molecule has 3 nitrogen and oxygen atoms in total. The van der Waals surface area contributed by atoms with Gasteiger partial charge in [0.2, 0.25) is 0 Å². The molecule has 0 spiro atoms. The van der Waals surface area contributed by atoms with Crippen LogP contribution in [0.2, 0.25) is 0 Å². The van der Waals surface area contributed by atoms with Crippen LogP contribution in [0.5, 0.6) is 5.75 Å². The Balaban J connectivity index is 2.94. The number of phenols is 1. The summed E-state index contributed by atoms with van der Waals surface area (Å²) in [6, 6.07) is 6.21. The highest BCUT2D eigenvalue weighted by Crippen LogP contribution is 2.34. The molecule has 3 heteroatoms. The maximum Gasteiger partial charge on any atom is 0.338 e. The molecule has 20 heavy (non-hydrogen) atoms. The van der Waals surface area contributed by atoms with Crippen molar-refractivity contribution in [2.45, 2.75) is 59.0 Å². The molecule has 0 aliphatic rings. The predicted molar refractivity (Wildman–Crippen MR) is 80.9 cm³/mol. The second-order valence-electron chi connectivity index (χ2n) is 5.41. The van der Waals surface area contributed by atoms with Crippen LogP contribution in [0.4, 0.5) is 0 Å². The molecule has 2 atom stereocenters. The fraction of sp³-hybridized carbons (Fsp3) is 0.588. The lowest BCUT2D eigenvalue weighted by Crippen LogP contribution is -2.40. The minimum absolute atomic E-state index is 0.152. The fourth-order valence-corrected chi connectivity index (χ4v) is 2.63. The van der Waals surface area contributed by atoms with E-state index in [1.165, 1.54) is 12.1 Å². The number of phenolic OH excluding ortho intramolecular Hbond substituents is 1. The number of esters is 1. The highest BCUT2D eigenvalue weighted by molar-refractivity contribution is 5.89. The standard InChI is InChI=1S/C17H26O3/c1-5-12-17(7-3,13(4)6-2)20-16(19)14-8-10-15(18)11-9-14/h8-11,13,18H,5-7,12H2,1-4H3. The Hall–Kier alpha value is -1.51. The first-order valence-corrected chi connectivity index (χ1v) is 7.51. The molecule has 0 amide bonds. The van der Waals surface area contributed by atoms with Gasteiger partial charge in [-0.1, -0.05) is 34.1 Å². The Labute approximate surface area is 122 Å². The van der Waals surface area contributed by atoms with E-state index in [0.29, 0.717) is 11.5 Å². The maximum atomic E-state index is 12.3. The van der Waals surface area contributed by atoms with Gasteiger partial charge in [0.1, 0.15) is 11.4 Å². The summed E-state index contributed by atoms with van der Waals surface area (Å²) in [5.74, 6) is 0.174. The van der Waals surface area contributed by atoms with Crippen LogP contribution in [0.25, 0.3) is 0 Å². The minimum Gasteiger partial charge on any atom is -0.508 e. The molecule has 0 saturated heterocycles. The number of rotatable bonds is 7. The zero-order valence-corrected chi connectivity index (χ0v) is 13.0. The first-order chi connectivity index (χ1) is 9.49. The molecule has 2 unspecified atom stereocenters. The van der Waals surface area contributed by atoms with Crippen LogP contribution >= 0.6 is 0 Å². The first kappa shape index (κ1) is 16.5. The fourth-order valence-electron chi connectivity index (χ4n) is 2.63. The van der Waals surface area contributed by atoms with Crippen molar-refractivity contribution in [3.8, 4) is 5.75 Å². The zero-order valence-electron chi connectivity index (χ0n) is 13.0. The van der Waals surface area contributed by atoms with Gasteiger partial charge in [0.05, 0.1) is 5.56 Å². The van der Waals surface area contributed by atoms with Crippen LogP contribution in [-0.4, -0.2) is 16.7 Å². The number of aromatic hydroxyl groups is 1. The third-order valence-electron chi connectivity index (χ3n) is 4.18. The van der Waals surface area contributed by atoms with Crippen LogP contribution in [0.15, 0.2) is 24.3 Å². The smallest absolute Gasteiger partial charge is 0.338 e. The third-order valence-corrected chi connectivity index (χ3v) is 4.18. The van der Waals surface area contributed by atoms with Crippen LogP contribution in [0.1, 0.15) is 63.7 Å². The van der Waals surface area contributed by atoms with Gasteiger partial charge < -0.3 is 9.84 Å². The average Bonchev–Trinajstić information content (AvgIpc) is 2.46. The number of carbonyl (C=O) groups excluding carboxylic acids is 1. The largest absolute Gasteiger partial charge is 0.508 e. The van der Waals surface area contributed by atoms with Crippen molar-refractivity contribution in [3.05, 3.63) is 29.8 Å². The molecule has 0 saturated carbocycles. The number of hydrogen-bond acceptors (Lipinski definition) is 3. The van der Waals surface area contributed by atoms with Crippen molar-refractivity contribution in [1.82, 2.24) is 0 Å². The average molecular weight is 278 g/mol. The van der Waals surface area contributed by atoms with E-state index in [-0.39, 0.29) is 11.7 Å². The normalized spacial score (nSPS) is 15.4. The summed E-state index contributed by atoms with van der Waals surface area (Å²) in [5, 5.41) is 9.28. The molecule has 0 bridgehead atoms. The summed E-state index contributed by atoms with van der Waals surface area (Å²) in [5.41, 5.74) is 0.0957. The van der Waals surface area contributed by atoms with E-state index < -0.39 is 5.60 Å². The van der Waals surface area contributed by atoms with Crippen molar-refractivity contribution >= 4 is 5.97 Å². The lowest BCUT2D eigenvalue weighted by molar-refractivity contribution is -0.0566.